The van der Waals surface area contributed by atoms with Crippen molar-refractivity contribution in [1.29, 1.82) is 0 Å². The standard InChI is InChI=1S/C16H22N4O3/c1-5-20-11-12(9-17-20)10-19(2)16(21)18-14-8-13(22-3)6-7-15(14)23-4/h6-9,11H,5,10H2,1-4H3,(H,18,21). The second kappa shape index (κ2) is 7.53. The van der Waals surface area contributed by atoms with Gasteiger partial charge in [-0.2, -0.15) is 5.10 Å². The number of hydrogen-bond donors (Lipinski definition) is 1. The van der Waals surface area contributed by atoms with Crippen LogP contribution in [0.5, 0.6) is 11.5 Å². The van der Waals surface area contributed by atoms with E-state index in [2.05, 4.69) is 10.4 Å². The summed E-state index contributed by atoms with van der Waals surface area (Å²) < 4.78 is 12.3. The molecule has 0 spiro atoms. The monoisotopic (exact) mass is 318 g/mol. The van der Waals surface area contributed by atoms with E-state index in [4.69, 9.17) is 9.47 Å². The summed E-state index contributed by atoms with van der Waals surface area (Å²) in [7, 11) is 4.86. The van der Waals surface area contributed by atoms with Crippen LogP contribution in [0.15, 0.2) is 30.6 Å². The second-order valence-electron chi connectivity index (χ2n) is 5.06. The van der Waals surface area contributed by atoms with E-state index in [9.17, 15) is 4.79 Å². The molecule has 1 aromatic heterocycles. The Morgan fingerprint density at radius 3 is 2.74 bits per heavy atom. The lowest BCUT2D eigenvalue weighted by Gasteiger charge is -2.18. The van der Waals surface area contributed by atoms with E-state index in [1.807, 2.05) is 17.8 Å². The molecule has 23 heavy (non-hydrogen) atoms. The van der Waals surface area contributed by atoms with Crippen molar-refractivity contribution >= 4 is 11.7 Å². The summed E-state index contributed by atoms with van der Waals surface area (Å²) >= 11 is 0. The van der Waals surface area contributed by atoms with Crippen LogP contribution in [0.1, 0.15) is 12.5 Å². The highest BCUT2D eigenvalue weighted by Crippen LogP contribution is 2.29. The number of ether oxygens (including phenoxy) is 2. The number of urea groups is 1. The van der Waals surface area contributed by atoms with Gasteiger partial charge in [0.2, 0.25) is 0 Å². The van der Waals surface area contributed by atoms with Crippen LogP contribution in [0.25, 0.3) is 0 Å². The first-order valence-corrected chi connectivity index (χ1v) is 7.32. The van der Waals surface area contributed by atoms with E-state index in [-0.39, 0.29) is 6.03 Å². The Bertz CT molecular complexity index is 669. The lowest BCUT2D eigenvalue weighted by atomic mass is 10.2. The summed E-state index contributed by atoms with van der Waals surface area (Å²) in [6.07, 6.45) is 3.69. The number of rotatable bonds is 6. The van der Waals surface area contributed by atoms with Gasteiger partial charge in [-0.1, -0.05) is 0 Å². The molecule has 0 aliphatic rings. The molecule has 0 saturated carbocycles. The maximum atomic E-state index is 12.4. The third kappa shape index (κ3) is 4.15. The SMILES string of the molecule is CCn1cc(CN(C)C(=O)Nc2cc(OC)ccc2OC)cn1. The highest BCUT2D eigenvalue weighted by Gasteiger charge is 2.13. The highest BCUT2D eigenvalue weighted by molar-refractivity contribution is 5.91. The van der Waals surface area contributed by atoms with Crippen LogP contribution in [-0.4, -0.2) is 42.0 Å². The van der Waals surface area contributed by atoms with Gasteiger partial charge in [-0.3, -0.25) is 4.68 Å². The molecule has 1 heterocycles. The van der Waals surface area contributed by atoms with E-state index in [0.29, 0.717) is 23.7 Å². The molecule has 0 fully saturated rings. The van der Waals surface area contributed by atoms with E-state index in [1.54, 1.807) is 50.6 Å². The van der Waals surface area contributed by atoms with Crippen LogP contribution in [0.2, 0.25) is 0 Å². The Morgan fingerprint density at radius 1 is 1.35 bits per heavy atom. The number of nitrogens with one attached hydrogen (secondary N) is 1. The molecule has 0 saturated heterocycles. The molecule has 1 aromatic carbocycles. The quantitative estimate of drug-likeness (QED) is 0.889. The van der Waals surface area contributed by atoms with Crippen molar-refractivity contribution in [3.8, 4) is 11.5 Å². The van der Waals surface area contributed by atoms with Crippen molar-refractivity contribution in [2.75, 3.05) is 26.6 Å². The highest BCUT2D eigenvalue weighted by atomic mass is 16.5. The van der Waals surface area contributed by atoms with E-state index >= 15 is 0 Å². The molecular weight excluding hydrogens is 296 g/mol. The summed E-state index contributed by atoms with van der Waals surface area (Å²) in [5.41, 5.74) is 1.54. The molecule has 0 unspecified atom stereocenters. The third-order valence-electron chi connectivity index (χ3n) is 3.43. The van der Waals surface area contributed by atoms with Gasteiger partial charge in [-0.05, 0) is 19.1 Å². The molecule has 1 N–H and O–H groups in total. The van der Waals surface area contributed by atoms with Crippen LogP contribution >= 0.6 is 0 Å². The molecule has 7 nitrogen and oxygen atoms in total. The molecule has 0 aliphatic carbocycles. The molecule has 0 aliphatic heterocycles. The lowest BCUT2D eigenvalue weighted by Crippen LogP contribution is -2.30. The zero-order valence-corrected chi connectivity index (χ0v) is 13.9. The Hall–Kier alpha value is -2.70. The minimum Gasteiger partial charge on any atom is -0.497 e. The third-order valence-corrected chi connectivity index (χ3v) is 3.43. The number of carbonyl (C=O) groups is 1. The maximum absolute atomic E-state index is 12.4. The molecule has 0 radical (unpaired) electrons. The fraction of sp³-hybridized carbons (Fsp3) is 0.375. The summed E-state index contributed by atoms with van der Waals surface area (Å²) in [5, 5.41) is 7.03. The van der Waals surface area contributed by atoms with Crippen LogP contribution in [0.3, 0.4) is 0 Å². The topological polar surface area (TPSA) is 68.6 Å². The van der Waals surface area contributed by atoms with Crippen molar-refractivity contribution in [2.45, 2.75) is 20.0 Å². The summed E-state index contributed by atoms with van der Waals surface area (Å²) in [4.78, 5) is 13.9. The van der Waals surface area contributed by atoms with Crippen LogP contribution in [0, 0.1) is 0 Å². The maximum Gasteiger partial charge on any atom is 0.321 e. The minimum absolute atomic E-state index is 0.235. The number of carbonyl (C=O) groups excluding carboxylic acids is 1. The number of aromatic nitrogens is 2. The zero-order valence-electron chi connectivity index (χ0n) is 13.9. The van der Waals surface area contributed by atoms with E-state index in [1.165, 1.54) is 0 Å². The van der Waals surface area contributed by atoms with Gasteiger partial charge in [-0.25, -0.2) is 4.79 Å². The number of anilines is 1. The van der Waals surface area contributed by atoms with E-state index < -0.39 is 0 Å². The predicted molar refractivity (Wildman–Crippen MR) is 87.9 cm³/mol. The van der Waals surface area contributed by atoms with E-state index in [0.717, 1.165) is 12.1 Å². The first kappa shape index (κ1) is 16.7. The van der Waals surface area contributed by atoms with Crippen LogP contribution in [-0.2, 0) is 13.1 Å². The van der Waals surface area contributed by atoms with Gasteiger partial charge in [0.1, 0.15) is 11.5 Å². The number of methoxy groups -OCH3 is 2. The minimum atomic E-state index is -0.235. The fourth-order valence-electron chi connectivity index (χ4n) is 2.13. The van der Waals surface area contributed by atoms with Crippen LogP contribution < -0.4 is 14.8 Å². The van der Waals surface area contributed by atoms with Gasteiger partial charge < -0.3 is 19.7 Å². The van der Waals surface area contributed by atoms with Gasteiger partial charge in [0.05, 0.1) is 32.6 Å². The summed E-state index contributed by atoms with van der Waals surface area (Å²) in [6.45, 7) is 3.29. The van der Waals surface area contributed by atoms with Crippen molar-refractivity contribution in [3.63, 3.8) is 0 Å². The number of aryl methyl sites for hydroxylation is 1. The Balaban J connectivity index is 2.05. The zero-order chi connectivity index (χ0) is 16.8. The van der Waals surface area contributed by atoms with Gasteiger partial charge in [-0.15, -0.1) is 0 Å². The normalized spacial score (nSPS) is 10.3. The van der Waals surface area contributed by atoms with Crippen molar-refractivity contribution < 1.29 is 14.3 Å². The molecule has 0 atom stereocenters. The number of nitrogens with zero attached hydrogens (tertiary/aromatic N) is 3. The Morgan fingerprint density at radius 2 is 2.13 bits per heavy atom. The molecule has 124 valence electrons. The predicted octanol–water partition coefficient (Wildman–Crippen LogP) is 2.58. The molecule has 2 rings (SSSR count). The van der Waals surface area contributed by atoms with Gasteiger partial charge in [0, 0.05) is 31.4 Å². The first-order chi connectivity index (χ1) is 11.1. The Kier molecular flexibility index (Phi) is 5.46. The number of amides is 2. The molecular formula is C16H22N4O3. The van der Waals surface area contributed by atoms with Crippen molar-refractivity contribution in [2.24, 2.45) is 0 Å². The van der Waals surface area contributed by atoms with Gasteiger partial charge >= 0.3 is 6.03 Å². The first-order valence-electron chi connectivity index (χ1n) is 7.32. The second-order valence-corrected chi connectivity index (χ2v) is 5.06. The molecule has 0 bridgehead atoms. The molecule has 2 amide bonds. The van der Waals surface area contributed by atoms with Crippen LogP contribution in [0.4, 0.5) is 10.5 Å². The molecule has 7 heteroatoms. The summed E-state index contributed by atoms with van der Waals surface area (Å²) in [6, 6.07) is 5.01. The lowest BCUT2D eigenvalue weighted by molar-refractivity contribution is 0.220. The largest absolute Gasteiger partial charge is 0.497 e. The smallest absolute Gasteiger partial charge is 0.321 e. The fourth-order valence-corrected chi connectivity index (χ4v) is 2.13. The average Bonchev–Trinajstić information content (AvgIpc) is 3.02. The summed E-state index contributed by atoms with van der Waals surface area (Å²) in [5.74, 6) is 1.22. The van der Waals surface area contributed by atoms with Crippen molar-refractivity contribution in [3.05, 3.63) is 36.2 Å². The van der Waals surface area contributed by atoms with Crippen molar-refractivity contribution in [1.82, 2.24) is 14.7 Å². The van der Waals surface area contributed by atoms with Gasteiger partial charge in [0.25, 0.3) is 0 Å². The molecule has 2 aromatic rings. The number of hydrogen-bond acceptors (Lipinski definition) is 4. The number of benzene rings is 1. The Labute approximate surface area is 135 Å². The average molecular weight is 318 g/mol. The van der Waals surface area contributed by atoms with Gasteiger partial charge in [0.15, 0.2) is 0 Å².